The van der Waals surface area contributed by atoms with Crippen molar-refractivity contribution in [2.24, 2.45) is 0 Å². The first kappa shape index (κ1) is 18.8. The molecule has 1 aliphatic rings. The first-order valence-corrected chi connectivity index (χ1v) is 10.3. The lowest BCUT2D eigenvalue weighted by Crippen LogP contribution is -2.32. The van der Waals surface area contributed by atoms with Crippen molar-refractivity contribution >= 4 is 16.7 Å². The monoisotopic (exact) mass is 374 g/mol. The summed E-state index contributed by atoms with van der Waals surface area (Å²) in [6.07, 6.45) is 6.74. The van der Waals surface area contributed by atoms with Gasteiger partial charge >= 0.3 is 0 Å². The summed E-state index contributed by atoms with van der Waals surface area (Å²) in [6, 6.07) is 13.1. The van der Waals surface area contributed by atoms with Gasteiger partial charge in [0.05, 0.1) is 0 Å². The van der Waals surface area contributed by atoms with E-state index in [1.54, 1.807) is 0 Å². The van der Waals surface area contributed by atoms with Gasteiger partial charge in [-0.05, 0) is 67.2 Å². The number of fused-ring (bicyclic) bond motifs is 1. The van der Waals surface area contributed by atoms with Gasteiger partial charge in [0.15, 0.2) is 0 Å². The Bertz CT molecular complexity index is 946. The predicted molar refractivity (Wildman–Crippen MR) is 117 cm³/mol. The molecule has 2 aromatic heterocycles. The number of nitrogens with one attached hydrogen (secondary N) is 1. The Balaban J connectivity index is 1.49. The third-order valence-corrected chi connectivity index (χ3v) is 6.09. The van der Waals surface area contributed by atoms with Crippen molar-refractivity contribution in [3.8, 4) is 0 Å². The summed E-state index contributed by atoms with van der Waals surface area (Å²) in [5.41, 5.74) is 5.80. The summed E-state index contributed by atoms with van der Waals surface area (Å²) in [5.74, 6) is 0.649. The van der Waals surface area contributed by atoms with E-state index in [9.17, 15) is 0 Å². The molecular weight excluding hydrogens is 344 g/mol. The zero-order valence-corrected chi connectivity index (χ0v) is 17.0. The molecule has 1 N–H and O–H groups in total. The summed E-state index contributed by atoms with van der Waals surface area (Å²) < 4.78 is 2.24. The Kier molecular flexibility index (Phi) is 5.49. The number of piperidine rings is 1. The van der Waals surface area contributed by atoms with Gasteiger partial charge in [0.25, 0.3) is 0 Å². The molecule has 3 aromatic rings. The minimum absolute atomic E-state index is 0.649. The molecule has 0 atom stereocenters. The number of aromatic nitrogens is 2. The third-order valence-electron chi connectivity index (χ3n) is 6.09. The maximum absolute atomic E-state index is 4.84. The van der Waals surface area contributed by atoms with Gasteiger partial charge in [-0.25, -0.2) is 4.98 Å². The van der Waals surface area contributed by atoms with Crippen molar-refractivity contribution in [2.75, 3.05) is 26.7 Å². The summed E-state index contributed by atoms with van der Waals surface area (Å²) in [4.78, 5) is 7.37. The second-order valence-corrected chi connectivity index (χ2v) is 7.76. The maximum atomic E-state index is 4.84. The van der Waals surface area contributed by atoms with E-state index in [0.29, 0.717) is 5.92 Å². The van der Waals surface area contributed by atoms with Crippen molar-refractivity contribution in [2.45, 2.75) is 32.2 Å². The molecule has 0 bridgehead atoms. The highest BCUT2D eigenvalue weighted by Crippen LogP contribution is 2.29. The fourth-order valence-corrected chi connectivity index (χ4v) is 4.18. The van der Waals surface area contributed by atoms with Gasteiger partial charge in [-0.3, -0.25) is 0 Å². The normalized spacial score (nSPS) is 15.8. The van der Waals surface area contributed by atoms with Crippen LogP contribution in [-0.2, 0) is 6.54 Å². The number of hydrogen-bond donors (Lipinski definition) is 1. The van der Waals surface area contributed by atoms with E-state index in [4.69, 9.17) is 4.98 Å². The number of benzene rings is 1. The molecule has 0 saturated carbocycles. The van der Waals surface area contributed by atoms with E-state index >= 15 is 0 Å². The second-order valence-electron chi connectivity index (χ2n) is 7.76. The van der Waals surface area contributed by atoms with Crippen LogP contribution in [0.3, 0.4) is 0 Å². The number of nitrogens with zero attached hydrogens (tertiary/aromatic N) is 3. The zero-order chi connectivity index (χ0) is 19.5. The molecule has 0 unspecified atom stereocenters. The Morgan fingerprint density at radius 1 is 1.18 bits per heavy atom. The molecule has 1 fully saturated rings. The highest BCUT2D eigenvalue weighted by atomic mass is 15.1. The van der Waals surface area contributed by atoms with Crippen molar-refractivity contribution in [1.29, 1.82) is 0 Å². The molecule has 3 heterocycles. The topological polar surface area (TPSA) is 33.1 Å². The van der Waals surface area contributed by atoms with Crippen LogP contribution in [0.5, 0.6) is 0 Å². The lowest BCUT2D eigenvalue weighted by molar-refractivity contribution is 0.222. The van der Waals surface area contributed by atoms with Gasteiger partial charge < -0.3 is 14.8 Å². The van der Waals surface area contributed by atoms with Crippen LogP contribution in [0.15, 0.2) is 55.4 Å². The molecule has 0 radical (unpaired) electrons. The van der Waals surface area contributed by atoms with Gasteiger partial charge in [-0.2, -0.15) is 0 Å². The summed E-state index contributed by atoms with van der Waals surface area (Å²) in [6.45, 7) is 10.7. The molecule has 0 amide bonds. The zero-order valence-electron chi connectivity index (χ0n) is 17.0. The van der Waals surface area contributed by atoms with Gasteiger partial charge in [-0.1, -0.05) is 37.8 Å². The molecule has 146 valence electrons. The summed E-state index contributed by atoms with van der Waals surface area (Å²) in [5, 5.41) is 4.34. The molecule has 1 aromatic carbocycles. The Labute approximate surface area is 167 Å². The van der Waals surface area contributed by atoms with E-state index < -0.39 is 0 Å². The van der Waals surface area contributed by atoms with Crippen LogP contribution in [0.25, 0.3) is 16.7 Å². The van der Waals surface area contributed by atoms with E-state index in [0.717, 1.165) is 30.0 Å². The number of pyridine rings is 1. The van der Waals surface area contributed by atoms with Crippen LogP contribution < -0.4 is 5.32 Å². The number of likely N-dealkylation sites (tertiary alicyclic amines) is 1. The highest BCUT2D eigenvalue weighted by Gasteiger charge is 2.20. The minimum Gasteiger partial charge on any atom is -0.388 e. The predicted octanol–water partition coefficient (Wildman–Crippen LogP) is 4.47. The van der Waals surface area contributed by atoms with Crippen molar-refractivity contribution in [1.82, 2.24) is 19.8 Å². The van der Waals surface area contributed by atoms with E-state index in [-0.39, 0.29) is 0 Å². The highest BCUT2D eigenvalue weighted by molar-refractivity contribution is 5.77. The fraction of sp³-hybridized carbons (Fsp3) is 0.375. The molecule has 4 nitrogen and oxygen atoms in total. The van der Waals surface area contributed by atoms with Gasteiger partial charge in [0, 0.05) is 37.1 Å². The minimum atomic E-state index is 0.649. The second kappa shape index (κ2) is 8.19. The lowest BCUT2D eigenvalue weighted by atomic mass is 9.90. The Hall–Kier alpha value is -2.59. The van der Waals surface area contributed by atoms with Crippen molar-refractivity contribution in [3.05, 3.63) is 72.1 Å². The molecule has 0 aliphatic carbocycles. The van der Waals surface area contributed by atoms with Crippen LogP contribution in [0.4, 0.5) is 0 Å². The Morgan fingerprint density at radius 2 is 1.93 bits per heavy atom. The van der Waals surface area contributed by atoms with E-state index in [1.807, 2.05) is 7.05 Å². The average Bonchev–Trinajstić information content (AvgIpc) is 3.15. The smallest absolute Gasteiger partial charge is 0.140 e. The van der Waals surface area contributed by atoms with E-state index in [2.05, 4.69) is 77.1 Å². The van der Waals surface area contributed by atoms with Crippen LogP contribution in [-0.4, -0.2) is 41.1 Å². The molecule has 1 aliphatic heterocycles. The van der Waals surface area contributed by atoms with Crippen LogP contribution in [0.2, 0.25) is 0 Å². The summed E-state index contributed by atoms with van der Waals surface area (Å²) in [7, 11) is 1.90. The van der Waals surface area contributed by atoms with Crippen LogP contribution in [0, 0.1) is 0 Å². The van der Waals surface area contributed by atoms with Gasteiger partial charge in [0.2, 0.25) is 0 Å². The molecular formula is C24H30N4. The van der Waals surface area contributed by atoms with Crippen molar-refractivity contribution in [3.63, 3.8) is 0 Å². The SMILES string of the molecule is C=C(NC)c1ccc(Cn2ccc3cc(C4CCN(CC)CC4)cnc32)cc1. The van der Waals surface area contributed by atoms with Gasteiger partial charge in [-0.15, -0.1) is 0 Å². The largest absolute Gasteiger partial charge is 0.388 e. The molecule has 4 rings (SSSR count). The first-order valence-electron chi connectivity index (χ1n) is 10.3. The molecule has 0 spiro atoms. The molecule has 4 heteroatoms. The van der Waals surface area contributed by atoms with Crippen molar-refractivity contribution < 1.29 is 0 Å². The third kappa shape index (κ3) is 3.83. The molecule has 1 saturated heterocycles. The van der Waals surface area contributed by atoms with Gasteiger partial charge in [0.1, 0.15) is 5.65 Å². The fourth-order valence-electron chi connectivity index (χ4n) is 4.18. The first-order chi connectivity index (χ1) is 13.7. The Morgan fingerprint density at radius 3 is 2.61 bits per heavy atom. The van der Waals surface area contributed by atoms with Crippen LogP contribution in [0.1, 0.15) is 42.4 Å². The summed E-state index contributed by atoms with van der Waals surface area (Å²) >= 11 is 0. The number of hydrogen-bond acceptors (Lipinski definition) is 3. The average molecular weight is 375 g/mol. The standard InChI is InChI=1S/C24H30N4/c1-4-27-12-9-21(10-13-27)23-15-22-11-14-28(24(22)26-16-23)17-19-5-7-20(8-6-19)18(2)25-3/h5-8,11,14-16,21,25H,2,4,9-10,12-13,17H2,1,3H3. The molecule has 28 heavy (non-hydrogen) atoms. The van der Waals surface area contributed by atoms with Crippen LogP contribution >= 0.6 is 0 Å². The van der Waals surface area contributed by atoms with E-state index in [1.165, 1.54) is 42.4 Å². The maximum Gasteiger partial charge on any atom is 0.140 e. The number of rotatable bonds is 6. The lowest BCUT2D eigenvalue weighted by Gasteiger charge is -2.31. The quantitative estimate of drug-likeness (QED) is 0.691.